The van der Waals surface area contributed by atoms with E-state index < -0.39 is 17.3 Å². The zero-order chi connectivity index (χ0) is 14.6. The van der Waals surface area contributed by atoms with Crippen LogP contribution >= 0.6 is 0 Å². The van der Waals surface area contributed by atoms with Crippen molar-refractivity contribution in [1.82, 2.24) is 5.32 Å². The molecule has 19 heavy (non-hydrogen) atoms. The van der Waals surface area contributed by atoms with E-state index in [1.165, 1.54) is 12.1 Å². The summed E-state index contributed by atoms with van der Waals surface area (Å²) >= 11 is 0. The highest BCUT2D eigenvalue weighted by Gasteiger charge is 2.23. The van der Waals surface area contributed by atoms with E-state index in [1.807, 2.05) is 13.8 Å². The molecule has 106 valence electrons. The van der Waals surface area contributed by atoms with Crippen LogP contribution in [-0.2, 0) is 0 Å². The highest BCUT2D eigenvalue weighted by atomic mass is 19.1. The normalized spacial score (nSPS) is 14.2. The number of hydrogen-bond donors (Lipinski definition) is 3. The molecule has 0 saturated carbocycles. The van der Waals surface area contributed by atoms with Crippen molar-refractivity contribution in [1.29, 1.82) is 0 Å². The minimum atomic E-state index is -1.01. The van der Waals surface area contributed by atoms with Crippen LogP contribution in [0.1, 0.15) is 37.6 Å². The first kappa shape index (κ1) is 15.4. The van der Waals surface area contributed by atoms with Crippen molar-refractivity contribution in [3.05, 3.63) is 29.6 Å². The number of carbonyl (C=O) groups excluding carboxylic acids is 1. The summed E-state index contributed by atoms with van der Waals surface area (Å²) in [5.41, 5.74) is 4.60. The predicted octanol–water partition coefficient (Wildman–Crippen LogP) is 1.93. The van der Waals surface area contributed by atoms with Gasteiger partial charge in [-0.15, -0.1) is 0 Å². The maximum Gasteiger partial charge on any atom is 0.254 e. The van der Waals surface area contributed by atoms with Crippen LogP contribution in [0.5, 0.6) is 0 Å². The van der Waals surface area contributed by atoms with Gasteiger partial charge in [-0.1, -0.05) is 13.8 Å². The number of amides is 1. The molecule has 0 aliphatic heterocycles. The van der Waals surface area contributed by atoms with Crippen LogP contribution in [0.2, 0.25) is 0 Å². The minimum absolute atomic E-state index is 0.0745. The molecule has 5 heteroatoms. The molecule has 4 N–H and O–H groups in total. The summed E-state index contributed by atoms with van der Waals surface area (Å²) < 4.78 is 13.5. The van der Waals surface area contributed by atoms with E-state index in [2.05, 4.69) is 5.32 Å². The predicted molar refractivity (Wildman–Crippen MR) is 73.2 cm³/mol. The second kappa shape index (κ2) is 6.02. The van der Waals surface area contributed by atoms with Gasteiger partial charge in [0.2, 0.25) is 0 Å². The number of nitrogens with one attached hydrogen (secondary N) is 1. The summed E-state index contributed by atoms with van der Waals surface area (Å²) in [5.74, 6) is -0.914. The van der Waals surface area contributed by atoms with Gasteiger partial charge in [-0.3, -0.25) is 4.79 Å². The molecule has 0 bridgehead atoms. The molecule has 0 radical (unpaired) electrons. The Morgan fingerprint density at radius 2 is 2.16 bits per heavy atom. The zero-order valence-electron chi connectivity index (χ0n) is 11.5. The van der Waals surface area contributed by atoms with Gasteiger partial charge in [-0.05, 0) is 37.5 Å². The number of halogens is 1. The summed E-state index contributed by atoms with van der Waals surface area (Å²) in [6.45, 7) is 5.69. The van der Waals surface area contributed by atoms with Gasteiger partial charge in [-0.25, -0.2) is 4.39 Å². The molecule has 1 amide bonds. The Bertz CT molecular complexity index is 459. The molecule has 1 aromatic carbocycles. The average Bonchev–Trinajstić information content (AvgIpc) is 2.24. The van der Waals surface area contributed by atoms with Crippen molar-refractivity contribution in [2.75, 3.05) is 12.3 Å². The molecule has 0 spiro atoms. The number of nitrogens with two attached hydrogens (primary N) is 1. The molecule has 0 aliphatic carbocycles. The molecule has 0 aromatic heterocycles. The molecule has 0 aliphatic rings. The van der Waals surface area contributed by atoms with Crippen molar-refractivity contribution < 1.29 is 14.3 Å². The summed E-state index contributed by atoms with van der Waals surface area (Å²) in [6.07, 6.45) is 0.553. The Morgan fingerprint density at radius 1 is 1.53 bits per heavy atom. The van der Waals surface area contributed by atoms with E-state index in [4.69, 9.17) is 5.73 Å². The van der Waals surface area contributed by atoms with Crippen LogP contribution in [0.15, 0.2) is 18.2 Å². The van der Waals surface area contributed by atoms with E-state index in [-0.39, 0.29) is 17.8 Å². The lowest BCUT2D eigenvalue weighted by atomic mass is 9.94. The quantitative estimate of drug-likeness (QED) is 0.714. The Balaban J connectivity index is 2.65. The lowest BCUT2D eigenvalue weighted by Gasteiger charge is -2.25. The van der Waals surface area contributed by atoms with Crippen molar-refractivity contribution in [2.24, 2.45) is 5.92 Å². The Labute approximate surface area is 112 Å². The standard InChI is InChI=1S/C14H21FN2O2/c1-9(2)7-14(3,19)8-17-13(18)11-5-4-10(16)6-12(11)15/h4-6,9,19H,7-8,16H2,1-3H3,(H,17,18). The topological polar surface area (TPSA) is 75.3 Å². The second-order valence-corrected chi connectivity index (χ2v) is 5.52. The monoisotopic (exact) mass is 268 g/mol. The number of carbonyl (C=O) groups is 1. The largest absolute Gasteiger partial charge is 0.399 e. The number of hydrogen-bond acceptors (Lipinski definition) is 3. The van der Waals surface area contributed by atoms with Crippen LogP contribution < -0.4 is 11.1 Å². The molecule has 1 aromatic rings. The van der Waals surface area contributed by atoms with E-state index in [0.717, 1.165) is 6.07 Å². The van der Waals surface area contributed by atoms with Crippen LogP contribution in [-0.4, -0.2) is 23.2 Å². The number of benzene rings is 1. The van der Waals surface area contributed by atoms with Crippen LogP contribution in [0.3, 0.4) is 0 Å². The van der Waals surface area contributed by atoms with Gasteiger partial charge in [-0.2, -0.15) is 0 Å². The lowest BCUT2D eigenvalue weighted by Crippen LogP contribution is -2.41. The smallest absolute Gasteiger partial charge is 0.254 e. The Hall–Kier alpha value is -1.62. The molecule has 1 rings (SSSR count). The molecule has 0 fully saturated rings. The maximum absolute atomic E-state index is 13.5. The summed E-state index contributed by atoms with van der Waals surface area (Å²) in [7, 11) is 0. The maximum atomic E-state index is 13.5. The van der Waals surface area contributed by atoms with E-state index in [9.17, 15) is 14.3 Å². The van der Waals surface area contributed by atoms with Crippen molar-refractivity contribution >= 4 is 11.6 Å². The van der Waals surface area contributed by atoms with E-state index in [0.29, 0.717) is 12.3 Å². The number of rotatable bonds is 5. The summed E-state index contributed by atoms with van der Waals surface area (Å²) in [6, 6.07) is 3.89. The SMILES string of the molecule is CC(C)CC(C)(O)CNC(=O)c1ccc(N)cc1F. The van der Waals surface area contributed by atoms with Gasteiger partial charge in [0.1, 0.15) is 5.82 Å². The molecule has 4 nitrogen and oxygen atoms in total. The van der Waals surface area contributed by atoms with Crippen LogP contribution in [0.25, 0.3) is 0 Å². The lowest BCUT2D eigenvalue weighted by molar-refractivity contribution is 0.0367. The fourth-order valence-electron chi connectivity index (χ4n) is 2.03. The number of aliphatic hydroxyl groups is 1. The van der Waals surface area contributed by atoms with Gasteiger partial charge >= 0.3 is 0 Å². The van der Waals surface area contributed by atoms with Gasteiger partial charge in [0, 0.05) is 12.2 Å². The first-order valence-corrected chi connectivity index (χ1v) is 6.27. The third-order valence-electron chi connectivity index (χ3n) is 2.72. The summed E-state index contributed by atoms with van der Waals surface area (Å²) in [5, 5.41) is 12.6. The zero-order valence-corrected chi connectivity index (χ0v) is 11.5. The first-order chi connectivity index (χ1) is 8.71. The first-order valence-electron chi connectivity index (χ1n) is 6.27. The number of nitrogen functional groups attached to an aromatic ring is 1. The van der Waals surface area contributed by atoms with Crippen molar-refractivity contribution in [3.8, 4) is 0 Å². The molecular formula is C14H21FN2O2. The van der Waals surface area contributed by atoms with Gasteiger partial charge in [0.25, 0.3) is 5.91 Å². The Morgan fingerprint density at radius 3 is 2.68 bits per heavy atom. The highest BCUT2D eigenvalue weighted by Crippen LogP contribution is 2.16. The van der Waals surface area contributed by atoms with Crippen molar-refractivity contribution in [2.45, 2.75) is 32.8 Å². The van der Waals surface area contributed by atoms with E-state index in [1.54, 1.807) is 6.92 Å². The van der Waals surface area contributed by atoms with Crippen LogP contribution in [0, 0.1) is 11.7 Å². The molecular weight excluding hydrogens is 247 g/mol. The third kappa shape index (κ3) is 4.87. The summed E-state index contributed by atoms with van der Waals surface area (Å²) in [4.78, 5) is 11.8. The fraction of sp³-hybridized carbons (Fsp3) is 0.500. The van der Waals surface area contributed by atoms with Crippen molar-refractivity contribution in [3.63, 3.8) is 0 Å². The number of anilines is 1. The molecule has 1 unspecified atom stereocenters. The second-order valence-electron chi connectivity index (χ2n) is 5.52. The van der Waals surface area contributed by atoms with Gasteiger partial charge in [0.15, 0.2) is 0 Å². The molecule has 0 heterocycles. The van der Waals surface area contributed by atoms with Gasteiger partial charge < -0.3 is 16.2 Å². The molecule has 1 atom stereocenters. The van der Waals surface area contributed by atoms with E-state index >= 15 is 0 Å². The minimum Gasteiger partial charge on any atom is -0.399 e. The molecule has 0 saturated heterocycles. The fourth-order valence-corrected chi connectivity index (χ4v) is 2.03. The highest BCUT2D eigenvalue weighted by molar-refractivity contribution is 5.94. The van der Waals surface area contributed by atoms with Gasteiger partial charge in [0.05, 0.1) is 11.2 Å². The van der Waals surface area contributed by atoms with Crippen LogP contribution in [0.4, 0.5) is 10.1 Å². The Kier molecular flexibility index (Phi) is 4.89. The average molecular weight is 268 g/mol. The third-order valence-corrected chi connectivity index (χ3v) is 2.72.